The van der Waals surface area contributed by atoms with Crippen LogP contribution < -0.4 is 4.90 Å². The first kappa shape index (κ1) is 31.0. The molecule has 1 saturated carbocycles. The van der Waals surface area contributed by atoms with E-state index >= 15 is 0 Å². The zero-order chi connectivity index (χ0) is 32.5. The molecule has 44 heavy (non-hydrogen) atoms. The van der Waals surface area contributed by atoms with Crippen LogP contribution in [0.3, 0.4) is 0 Å². The molecule has 3 aliphatic rings. The number of likely N-dealkylation sites (N-methyl/N-ethyl adjacent to an activating group) is 1. The molecule has 0 saturated heterocycles. The Morgan fingerprint density at radius 1 is 1.02 bits per heavy atom. The molecule has 0 radical (unpaired) electrons. The number of Topliss-reactive ketones (excluding diaryl/α,β-unsaturated/α-hetero) is 3. The lowest BCUT2D eigenvalue weighted by atomic mass is 9.53. The van der Waals surface area contributed by atoms with Gasteiger partial charge in [-0.25, -0.2) is 0 Å². The van der Waals surface area contributed by atoms with E-state index in [1.54, 1.807) is 25.1 Å². The number of carbonyl (C=O) groups excluding carboxylic acids is 3. The second-order valence-corrected chi connectivity index (χ2v) is 12.1. The summed E-state index contributed by atoms with van der Waals surface area (Å²) in [6.45, 7) is 0.961. The Bertz CT molecular complexity index is 1750. The lowest BCUT2D eigenvalue weighted by molar-refractivity contribution is -0.216. The molecule has 0 unspecified atom stereocenters. The molecule has 6 N–H and O–H groups in total. The minimum absolute atomic E-state index is 0.122. The Balaban J connectivity index is 1.76. The van der Waals surface area contributed by atoms with Crippen molar-refractivity contribution in [3.05, 3.63) is 75.6 Å². The normalized spacial score (nSPS) is 27.8. The van der Waals surface area contributed by atoms with Crippen LogP contribution in [0, 0.1) is 11.8 Å². The van der Waals surface area contributed by atoms with Crippen molar-refractivity contribution in [1.82, 2.24) is 4.90 Å². The van der Waals surface area contributed by atoms with Crippen LogP contribution in [0.2, 0.25) is 0 Å². The fourth-order valence-electron chi connectivity index (χ4n) is 6.87. The summed E-state index contributed by atoms with van der Waals surface area (Å²) < 4.78 is 0. The van der Waals surface area contributed by atoms with Gasteiger partial charge in [-0.15, -0.1) is 0 Å². The van der Waals surface area contributed by atoms with Gasteiger partial charge in [0.15, 0.2) is 11.6 Å². The SMILES string of the molecule is CC(=O)C1=C(O)[C@@]2(O)C(=O)C3=C(O)c4c(O)c(C#CCc5ccccc5)cc(N(C)C)c4C[C@@]3(O)C[C@@]2(O)[C@H](N(C)C)C1=O. The molecular weight excluding hydrogens is 568 g/mol. The second kappa shape index (κ2) is 10.3. The molecule has 0 spiro atoms. The third kappa shape index (κ3) is 4.17. The Labute approximate surface area is 254 Å². The van der Waals surface area contributed by atoms with Gasteiger partial charge in [0.1, 0.15) is 40.1 Å². The molecule has 2 aromatic rings. The Morgan fingerprint density at radius 3 is 2.23 bits per heavy atom. The largest absolute Gasteiger partial charge is 0.508 e. The van der Waals surface area contributed by atoms with Crippen molar-refractivity contribution in [2.24, 2.45) is 0 Å². The van der Waals surface area contributed by atoms with E-state index in [-0.39, 0.29) is 16.7 Å². The third-order valence-corrected chi connectivity index (χ3v) is 8.77. The van der Waals surface area contributed by atoms with Gasteiger partial charge >= 0.3 is 0 Å². The highest BCUT2D eigenvalue weighted by molar-refractivity contribution is 6.26. The van der Waals surface area contributed by atoms with Crippen molar-refractivity contribution >= 4 is 28.8 Å². The number of benzene rings is 2. The number of phenolic OH excluding ortho intramolecular Hbond substituents is 1. The van der Waals surface area contributed by atoms with Crippen molar-refractivity contribution in [3.63, 3.8) is 0 Å². The van der Waals surface area contributed by atoms with E-state index in [0.29, 0.717) is 12.1 Å². The molecule has 0 aliphatic heterocycles. The van der Waals surface area contributed by atoms with Crippen LogP contribution in [0.15, 0.2) is 53.3 Å². The molecule has 2 aromatic carbocycles. The predicted molar refractivity (Wildman–Crippen MR) is 160 cm³/mol. The summed E-state index contributed by atoms with van der Waals surface area (Å²) >= 11 is 0. The molecule has 0 amide bonds. The summed E-state index contributed by atoms with van der Waals surface area (Å²) in [6, 6.07) is 9.24. The third-order valence-electron chi connectivity index (χ3n) is 8.77. The van der Waals surface area contributed by atoms with Crippen molar-refractivity contribution < 1.29 is 45.0 Å². The zero-order valence-electron chi connectivity index (χ0n) is 25.0. The van der Waals surface area contributed by atoms with Crippen LogP contribution >= 0.6 is 0 Å². The number of aliphatic hydroxyl groups excluding tert-OH is 2. The van der Waals surface area contributed by atoms with Crippen LogP contribution in [0.1, 0.15) is 35.6 Å². The summed E-state index contributed by atoms with van der Waals surface area (Å²) in [5, 5.41) is 70.0. The maximum atomic E-state index is 14.2. The van der Waals surface area contributed by atoms with Crippen LogP contribution in [0.4, 0.5) is 5.69 Å². The fourth-order valence-corrected chi connectivity index (χ4v) is 6.87. The van der Waals surface area contributed by atoms with Crippen molar-refractivity contribution in [3.8, 4) is 17.6 Å². The Morgan fingerprint density at radius 2 is 1.66 bits per heavy atom. The number of aliphatic hydroxyl groups is 5. The highest BCUT2D eigenvalue weighted by Crippen LogP contribution is 2.57. The maximum absolute atomic E-state index is 14.2. The summed E-state index contributed by atoms with van der Waals surface area (Å²) in [4.78, 5) is 42.9. The molecule has 11 heteroatoms. The van der Waals surface area contributed by atoms with E-state index in [1.807, 2.05) is 30.3 Å². The number of anilines is 1. The summed E-state index contributed by atoms with van der Waals surface area (Å²) in [7, 11) is 6.13. The minimum Gasteiger partial charge on any atom is -0.508 e. The summed E-state index contributed by atoms with van der Waals surface area (Å²) in [5.74, 6) is -0.362. The predicted octanol–water partition coefficient (Wildman–Crippen LogP) is 0.958. The number of ketones is 3. The first-order chi connectivity index (χ1) is 20.5. The van der Waals surface area contributed by atoms with Gasteiger partial charge in [0.25, 0.3) is 0 Å². The van der Waals surface area contributed by atoms with E-state index in [0.717, 1.165) is 12.5 Å². The fraction of sp³-hybridized carbons (Fsp3) is 0.364. The molecule has 4 atom stereocenters. The second-order valence-electron chi connectivity index (χ2n) is 12.1. The number of rotatable bonds is 4. The number of carbonyl (C=O) groups is 3. The first-order valence-corrected chi connectivity index (χ1v) is 13.9. The van der Waals surface area contributed by atoms with Crippen molar-refractivity contribution in [2.75, 3.05) is 33.1 Å². The number of hydrogen-bond acceptors (Lipinski definition) is 11. The molecule has 11 nitrogen and oxygen atoms in total. The Hall–Kier alpha value is -4.47. The average molecular weight is 603 g/mol. The number of aromatic hydroxyl groups is 1. The minimum atomic E-state index is -3.29. The quantitative estimate of drug-likeness (QED) is 0.217. The summed E-state index contributed by atoms with van der Waals surface area (Å²) in [5.41, 5.74) is -8.64. The van der Waals surface area contributed by atoms with E-state index in [9.17, 15) is 45.0 Å². The highest BCUT2D eigenvalue weighted by Gasteiger charge is 2.75. The van der Waals surface area contributed by atoms with Gasteiger partial charge in [-0.1, -0.05) is 42.2 Å². The van der Waals surface area contributed by atoms with Gasteiger partial charge in [0.2, 0.25) is 11.4 Å². The number of fused-ring (bicyclic) bond motifs is 3. The van der Waals surface area contributed by atoms with E-state index in [4.69, 9.17) is 0 Å². The first-order valence-electron chi connectivity index (χ1n) is 13.9. The monoisotopic (exact) mass is 602 g/mol. The van der Waals surface area contributed by atoms with Gasteiger partial charge in [-0.2, -0.15) is 0 Å². The lowest BCUT2D eigenvalue weighted by Crippen LogP contribution is -2.79. The smallest absolute Gasteiger partial charge is 0.216 e. The zero-order valence-corrected chi connectivity index (χ0v) is 25.0. The maximum Gasteiger partial charge on any atom is 0.216 e. The Kier molecular flexibility index (Phi) is 7.26. The van der Waals surface area contributed by atoms with Gasteiger partial charge < -0.3 is 35.5 Å². The van der Waals surface area contributed by atoms with E-state index in [1.165, 1.54) is 19.0 Å². The van der Waals surface area contributed by atoms with Gasteiger partial charge in [-0.3, -0.25) is 19.3 Å². The number of phenols is 1. The van der Waals surface area contributed by atoms with Gasteiger partial charge in [0.05, 0.1) is 16.7 Å². The van der Waals surface area contributed by atoms with Crippen LogP contribution in [-0.4, -0.2) is 104 Å². The van der Waals surface area contributed by atoms with Crippen LogP contribution in [0.5, 0.6) is 5.75 Å². The van der Waals surface area contributed by atoms with Gasteiger partial charge in [0, 0.05) is 39.0 Å². The van der Waals surface area contributed by atoms with Gasteiger partial charge in [-0.05, 0) is 38.2 Å². The van der Waals surface area contributed by atoms with E-state index in [2.05, 4.69) is 11.8 Å². The molecule has 3 aliphatic carbocycles. The molecule has 1 fully saturated rings. The molecule has 0 bridgehead atoms. The summed E-state index contributed by atoms with van der Waals surface area (Å²) in [6.07, 6.45) is -0.957. The number of hydrogen-bond donors (Lipinski definition) is 6. The molecule has 0 aromatic heterocycles. The topological polar surface area (TPSA) is 179 Å². The average Bonchev–Trinajstić information content (AvgIpc) is 2.92. The molecule has 230 valence electrons. The standard InChI is InChI=1S/C33H34N2O9/c1-17(36)22-27(39)28(35(4)5)32(43)16-31(42)15-20-21(34(2)3)14-19(13-9-12-18-10-7-6-8-11-18)25(37)23(20)26(38)24(31)30(41)33(32,44)29(22)40/h6-8,10-11,14,28,37-38,40,42-44H,12,15-16H2,1-5H3/t28-,31-,32-,33-/m1/s1. The van der Waals surface area contributed by atoms with Crippen LogP contribution in [-0.2, 0) is 27.2 Å². The van der Waals surface area contributed by atoms with E-state index < -0.39 is 81.5 Å². The number of nitrogens with zero attached hydrogens (tertiary/aromatic N) is 2. The lowest BCUT2D eigenvalue weighted by Gasteiger charge is -2.57. The molecular formula is C33H34N2O9. The molecule has 0 heterocycles. The van der Waals surface area contributed by atoms with Crippen molar-refractivity contribution in [1.29, 1.82) is 0 Å². The molecule has 5 rings (SSSR count). The van der Waals surface area contributed by atoms with Crippen molar-refractivity contribution in [2.45, 2.75) is 49.0 Å². The van der Waals surface area contributed by atoms with Crippen LogP contribution in [0.25, 0.3) is 5.76 Å². The highest BCUT2D eigenvalue weighted by atomic mass is 16.4.